The van der Waals surface area contributed by atoms with Crippen molar-refractivity contribution in [2.75, 3.05) is 19.8 Å². The highest BCUT2D eigenvalue weighted by molar-refractivity contribution is 6.32. The van der Waals surface area contributed by atoms with Gasteiger partial charge < -0.3 is 28.8 Å². The number of hydrogen-bond donors (Lipinski definition) is 1. The molecule has 64 heavy (non-hydrogen) atoms. The fourth-order valence-corrected chi connectivity index (χ4v) is 7.95. The van der Waals surface area contributed by atoms with Crippen LogP contribution in [0, 0.1) is 36.5 Å². The van der Waals surface area contributed by atoms with E-state index in [1.807, 2.05) is 48.2 Å². The normalized spacial score (nSPS) is 13.7. The number of hydrogen-bond acceptors (Lipinski definition) is 11. The molecule has 0 radical (unpaired) electrons. The Labute approximate surface area is 382 Å². The lowest BCUT2D eigenvalue weighted by Crippen LogP contribution is -2.49. The number of benzene rings is 4. The number of morpholine rings is 1. The van der Waals surface area contributed by atoms with Gasteiger partial charge in [-0.2, -0.15) is 10.5 Å². The van der Waals surface area contributed by atoms with Crippen LogP contribution in [0.4, 0.5) is 0 Å². The van der Waals surface area contributed by atoms with Gasteiger partial charge in [0.15, 0.2) is 0 Å². The Bertz CT molecular complexity index is 2750. The number of carboxylic acids is 1. The summed E-state index contributed by atoms with van der Waals surface area (Å²) in [5.41, 5.74) is 10.0. The number of nitriles is 2. The third-order valence-electron chi connectivity index (χ3n) is 11.1. The second-order valence-electron chi connectivity index (χ2n) is 15.3. The zero-order valence-electron chi connectivity index (χ0n) is 35.6. The van der Waals surface area contributed by atoms with E-state index in [4.69, 9.17) is 46.9 Å². The number of pyridine rings is 2. The lowest BCUT2D eigenvalue weighted by molar-refractivity contribution is -0.150. The minimum atomic E-state index is -0.973. The molecular formula is C50H45Cl2N5O7. The molecule has 3 heterocycles. The summed E-state index contributed by atoms with van der Waals surface area (Å²) >= 11 is 13.6. The van der Waals surface area contributed by atoms with Gasteiger partial charge >= 0.3 is 5.97 Å². The van der Waals surface area contributed by atoms with E-state index < -0.39 is 12.0 Å². The Balaban J connectivity index is 1.08. The van der Waals surface area contributed by atoms with Gasteiger partial charge in [-0.25, -0.2) is 0 Å². The topological polar surface area (TPSA) is 160 Å². The van der Waals surface area contributed by atoms with Gasteiger partial charge in [0.25, 0.3) is 0 Å². The van der Waals surface area contributed by atoms with Crippen molar-refractivity contribution in [2.24, 2.45) is 0 Å². The van der Waals surface area contributed by atoms with Crippen molar-refractivity contribution in [3.63, 3.8) is 0 Å². The van der Waals surface area contributed by atoms with E-state index >= 15 is 0 Å². The van der Waals surface area contributed by atoms with E-state index in [9.17, 15) is 20.4 Å². The molecule has 0 saturated carbocycles. The van der Waals surface area contributed by atoms with Crippen LogP contribution < -0.4 is 18.9 Å². The predicted octanol–water partition coefficient (Wildman–Crippen LogP) is 9.97. The van der Waals surface area contributed by atoms with Crippen molar-refractivity contribution in [1.29, 1.82) is 10.5 Å². The van der Waals surface area contributed by atoms with Crippen LogP contribution in [0.5, 0.6) is 23.0 Å². The lowest BCUT2D eigenvalue weighted by Gasteiger charge is -2.33. The number of aromatic nitrogens is 2. The largest absolute Gasteiger partial charge is 0.488 e. The second-order valence-corrected chi connectivity index (χ2v) is 16.1. The molecule has 0 aliphatic carbocycles. The van der Waals surface area contributed by atoms with Crippen molar-refractivity contribution < 1.29 is 33.6 Å². The van der Waals surface area contributed by atoms with Gasteiger partial charge in [-0.1, -0.05) is 66.5 Å². The summed E-state index contributed by atoms with van der Waals surface area (Å²) in [4.78, 5) is 22.2. The van der Waals surface area contributed by atoms with Crippen LogP contribution in [0.3, 0.4) is 0 Å². The van der Waals surface area contributed by atoms with Crippen LogP contribution in [-0.4, -0.2) is 51.7 Å². The van der Waals surface area contributed by atoms with Crippen LogP contribution in [0.1, 0.15) is 62.6 Å². The average Bonchev–Trinajstić information content (AvgIpc) is 3.31. The van der Waals surface area contributed by atoms with Crippen molar-refractivity contribution in [3.8, 4) is 46.3 Å². The molecule has 0 amide bonds. The first-order valence-electron chi connectivity index (χ1n) is 20.6. The van der Waals surface area contributed by atoms with Gasteiger partial charge in [0, 0.05) is 66.7 Å². The monoisotopic (exact) mass is 897 g/mol. The number of halogens is 2. The van der Waals surface area contributed by atoms with Crippen molar-refractivity contribution in [1.82, 2.24) is 14.9 Å². The summed E-state index contributed by atoms with van der Waals surface area (Å²) < 4.78 is 30.7. The summed E-state index contributed by atoms with van der Waals surface area (Å²) in [6.07, 6.45) is 7.00. The quantitative estimate of drug-likeness (QED) is 0.0925. The first-order chi connectivity index (χ1) is 31.0. The number of rotatable bonds is 17. The van der Waals surface area contributed by atoms with Crippen LogP contribution in [0.2, 0.25) is 10.0 Å². The van der Waals surface area contributed by atoms with Gasteiger partial charge in [0.1, 0.15) is 67.6 Å². The number of aliphatic carboxylic acids is 1. The van der Waals surface area contributed by atoms with Crippen LogP contribution in [-0.2, 0) is 48.9 Å². The molecule has 0 spiro atoms. The van der Waals surface area contributed by atoms with Crippen molar-refractivity contribution in [2.45, 2.75) is 66.2 Å². The highest BCUT2D eigenvalue weighted by Crippen LogP contribution is 2.38. The molecule has 2 aromatic heterocycles. The van der Waals surface area contributed by atoms with Crippen molar-refractivity contribution >= 4 is 29.2 Å². The molecule has 1 fully saturated rings. The van der Waals surface area contributed by atoms with Gasteiger partial charge in [-0.3, -0.25) is 19.7 Å². The molecule has 12 nitrogen and oxygen atoms in total. The molecule has 0 bridgehead atoms. The minimum absolute atomic E-state index is 0.0732. The van der Waals surface area contributed by atoms with Gasteiger partial charge in [0.05, 0.1) is 34.4 Å². The Morgan fingerprint density at radius 2 is 1.22 bits per heavy atom. The molecule has 1 saturated heterocycles. The molecule has 6 aromatic rings. The number of carboxylic acid groups (broad SMARTS) is 1. The number of nitrogens with zero attached hydrogens (tertiary/aromatic N) is 5. The van der Waals surface area contributed by atoms with E-state index in [0.717, 1.165) is 44.5 Å². The Kier molecular flexibility index (Phi) is 15.0. The number of carbonyl (C=O) groups is 1. The summed E-state index contributed by atoms with van der Waals surface area (Å²) in [5.74, 6) is 1.02. The van der Waals surface area contributed by atoms with E-state index in [1.165, 1.54) is 12.4 Å². The fraction of sp³-hybridized carbons (Fsp3) is 0.260. The summed E-state index contributed by atoms with van der Waals surface area (Å²) in [6, 6.07) is 26.2. The van der Waals surface area contributed by atoms with E-state index in [2.05, 4.69) is 48.1 Å². The molecule has 4 aromatic carbocycles. The Hall–Kier alpha value is -6.67. The third-order valence-corrected chi connectivity index (χ3v) is 11.7. The van der Waals surface area contributed by atoms with Crippen LogP contribution in [0.25, 0.3) is 11.1 Å². The molecule has 1 aliphatic heterocycles. The summed E-state index contributed by atoms with van der Waals surface area (Å²) in [7, 11) is 0. The first-order valence-corrected chi connectivity index (χ1v) is 21.4. The standard InChI is InChI=1S/C50H45Cl2N5O7/c1-4-37-15-43(51)48(17-46(37)61-26-35-13-33(19-53)21-55-23-35)63-28-38-7-5-9-41(31(38)2)42-10-6-8-39(32(42)3)29-64-49-18-47(62-27-36-14-34(20-54)22-56-24-36)40(16-44(49)52)25-57-11-12-60-30-45(57)50(58)59/h5-10,13-18,21-24,45H,4,11-12,25-30H2,1-3H3,(H,58,59)/t45-/m1/s1. The highest BCUT2D eigenvalue weighted by atomic mass is 35.5. The maximum absolute atomic E-state index is 12.1. The summed E-state index contributed by atoms with van der Waals surface area (Å²) in [6.45, 7) is 8.12. The SMILES string of the molecule is CCc1cc(Cl)c(OCc2cccc(-c3cccc(COc4cc(OCc5cncc(C#N)c5)c(CN5CCOC[C@@H]5C(=O)O)cc4Cl)c3C)c2C)cc1OCc1cncc(C#N)c1. The molecule has 14 heteroatoms. The Morgan fingerprint density at radius 3 is 1.72 bits per heavy atom. The molecule has 1 atom stereocenters. The molecule has 7 rings (SSSR count). The zero-order valence-corrected chi connectivity index (χ0v) is 37.1. The maximum Gasteiger partial charge on any atom is 0.323 e. The van der Waals surface area contributed by atoms with Crippen LogP contribution >= 0.6 is 23.2 Å². The molecular weight excluding hydrogens is 853 g/mol. The van der Waals surface area contributed by atoms with Gasteiger partial charge in [-0.15, -0.1) is 0 Å². The van der Waals surface area contributed by atoms with E-state index in [0.29, 0.717) is 74.9 Å². The van der Waals surface area contributed by atoms with Gasteiger partial charge in [0.2, 0.25) is 0 Å². The number of aryl methyl sites for hydroxylation is 1. The summed E-state index contributed by atoms with van der Waals surface area (Å²) in [5, 5.41) is 29.4. The predicted molar refractivity (Wildman–Crippen MR) is 242 cm³/mol. The second kappa shape index (κ2) is 21.1. The third kappa shape index (κ3) is 10.9. The van der Waals surface area contributed by atoms with Gasteiger partial charge in [-0.05, 0) is 83.5 Å². The molecule has 1 N–H and O–H groups in total. The lowest BCUT2D eigenvalue weighted by atomic mass is 9.92. The average molecular weight is 899 g/mol. The fourth-order valence-electron chi connectivity index (χ4n) is 7.47. The van der Waals surface area contributed by atoms with E-state index in [1.54, 1.807) is 36.7 Å². The Morgan fingerprint density at radius 1 is 0.719 bits per heavy atom. The molecule has 0 unspecified atom stereocenters. The van der Waals surface area contributed by atoms with E-state index in [-0.39, 0.29) is 39.6 Å². The maximum atomic E-state index is 12.1. The number of ether oxygens (including phenoxy) is 5. The molecule has 326 valence electrons. The van der Waals surface area contributed by atoms with Crippen LogP contribution in [0.15, 0.2) is 97.6 Å². The highest BCUT2D eigenvalue weighted by Gasteiger charge is 2.30. The zero-order chi connectivity index (χ0) is 45.2. The first kappa shape index (κ1) is 45.4. The van der Waals surface area contributed by atoms with Crippen molar-refractivity contribution in [3.05, 3.63) is 163 Å². The smallest absolute Gasteiger partial charge is 0.323 e. The molecule has 1 aliphatic rings. The minimum Gasteiger partial charge on any atom is -0.488 e.